The second-order valence-corrected chi connectivity index (χ2v) is 4.83. The number of aliphatic carboxylic acids is 1. The van der Waals surface area contributed by atoms with Crippen LogP contribution in [0.1, 0.15) is 29.2 Å². The van der Waals surface area contributed by atoms with Gasteiger partial charge in [-0.25, -0.2) is 4.98 Å². The van der Waals surface area contributed by atoms with Crippen molar-refractivity contribution < 1.29 is 27.9 Å². The highest BCUT2D eigenvalue weighted by Crippen LogP contribution is 2.26. The number of nitrogens with zero attached hydrogens (tertiary/aromatic N) is 5. The zero-order valence-corrected chi connectivity index (χ0v) is 12.4. The number of carbonyl (C=O) groups excluding carboxylic acids is 1. The fourth-order valence-electron chi connectivity index (χ4n) is 1.56. The second kappa shape index (κ2) is 6.25. The third-order valence-corrected chi connectivity index (χ3v) is 2.89. The summed E-state index contributed by atoms with van der Waals surface area (Å²) >= 11 is 0. The Morgan fingerprint density at radius 2 is 2.04 bits per heavy atom. The smallest absolute Gasteiger partial charge is 0.451 e. The van der Waals surface area contributed by atoms with Crippen LogP contribution in [0.2, 0.25) is 0 Å². The number of amides is 1. The molecule has 24 heavy (non-hydrogen) atoms. The van der Waals surface area contributed by atoms with Crippen LogP contribution in [0.5, 0.6) is 0 Å². The van der Waals surface area contributed by atoms with E-state index in [4.69, 9.17) is 5.11 Å². The fourth-order valence-corrected chi connectivity index (χ4v) is 1.56. The van der Waals surface area contributed by atoms with Gasteiger partial charge in [-0.15, -0.1) is 10.2 Å². The summed E-state index contributed by atoms with van der Waals surface area (Å²) in [5, 5.41) is 19.9. The van der Waals surface area contributed by atoms with Gasteiger partial charge in [0.05, 0.1) is 5.92 Å². The molecule has 0 radical (unpaired) electrons. The van der Waals surface area contributed by atoms with E-state index in [1.165, 1.54) is 13.8 Å². The summed E-state index contributed by atoms with van der Waals surface area (Å²) in [5.41, 5.74) is 0. The standard InChI is InChI=1S/C11H12F3N7O3/c1-4(8(23)24)3-15-7(22)6-16-5(2)21(20-6)10-17-9(18-19-10)11(12,13)14/h4H,3H2,1-2H3,(H,15,22)(H,23,24)(H,17,18,19). The minimum Gasteiger partial charge on any atom is -0.481 e. The van der Waals surface area contributed by atoms with Crippen molar-refractivity contribution >= 4 is 11.9 Å². The van der Waals surface area contributed by atoms with Gasteiger partial charge in [-0.3, -0.25) is 14.7 Å². The summed E-state index contributed by atoms with van der Waals surface area (Å²) in [5.74, 6) is -4.68. The van der Waals surface area contributed by atoms with Crippen molar-refractivity contribution in [3.05, 3.63) is 17.5 Å². The molecule has 130 valence electrons. The molecule has 0 aliphatic heterocycles. The first-order valence-electron chi connectivity index (χ1n) is 6.54. The Morgan fingerprint density at radius 1 is 1.38 bits per heavy atom. The lowest BCUT2D eigenvalue weighted by Crippen LogP contribution is -2.32. The Morgan fingerprint density at radius 3 is 2.58 bits per heavy atom. The molecule has 0 spiro atoms. The Hall–Kier alpha value is -2.99. The average Bonchev–Trinajstić information content (AvgIpc) is 3.09. The Balaban J connectivity index is 2.16. The van der Waals surface area contributed by atoms with Crippen LogP contribution < -0.4 is 5.32 Å². The molecule has 3 N–H and O–H groups in total. The van der Waals surface area contributed by atoms with Gasteiger partial charge in [-0.2, -0.15) is 22.8 Å². The lowest BCUT2D eigenvalue weighted by Gasteiger charge is -2.05. The number of rotatable bonds is 5. The Bertz CT molecular complexity index is 767. The van der Waals surface area contributed by atoms with Crippen molar-refractivity contribution in [1.29, 1.82) is 0 Å². The third kappa shape index (κ3) is 3.67. The van der Waals surface area contributed by atoms with E-state index < -0.39 is 35.7 Å². The first-order valence-corrected chi connectivity index (χ1v) is 6.54. The van der Waals surface area contributed by atoms with Crippen molar-refractivity contribution in [2.24, 2.45) is 5.92 Å². The van der Waals surface area contributed by atoms with E-state index in [9.17, 15) is 22.8 Å². The monoisotopic (exact) mass is 347 g/mol. The summed E-state index contributed by atoms with van der Waals surface area (Å²) in [6.45, 7) is 2.64. The van der Waals surface area contributed by atoms with Crippen molar-refractivity contribution in [3.63, 3.8) is 0 Å². The number of H-pyrrole nitrogens is 1. The van der Waals surface area contributed by atoms with Crippen LogP contribution in [0.25, 0.3) is 5.95 Å². The van der Waals surface area contributed by atoms with E-state index in [1.54, 1.807) is 5.10 Å². The zero-order valence-electron chi connectivity index (χ0n) is 12.4. The van der Waals surface area contributed by atoms with Gasteiger partial charge in [0, 0.05) is 6.54 Å². The minimum atomic E-state index is -4.70. The number of aromatic amines is 1. The van der Waals surface area contributed by atoms with E-state index >= 15 is 0 Å². The van der Waals surface area contributed by atoms with E-state index in [0.717, 1.165) is 4.68 Å². The predicted molar refractivity (Wildman–Crippen MR) is 70.2 cm³/mol. The van der Waals surface area contributed by atoms with E-state index in [1.807, 2.05) is 0 Å². The maximum Gasteiger partial charge on any atom is 0.451 e. The highest BCUT2D eigenvalue weighted by Gasteiger charge is 2.35. The molecule has 2 aromatic heterocycles. The lowest BCUT2D eigenvalue weighted by molar-refractivity contribution is -0.144. The SMILES string of the molecule is Cc1nc(C(=O)NCC(C)C(=O)O)nn1-c1n[nH]c(C(F)(F)F)n1. The van der Waals surface area contributed by atoms with Crippen molar-refractivity contribution in [2.75, 3.05) is 6.54 Å². The number of halogens is 3. The molecule has 0 saturated carbocycles. The maximum atomic E-state index is 12.5. The predicted octanol–water partition coefficient (Wildman–Crippen LogP) is 0.163. The van der Waals surface area contributed by atoms with Gasteiger partial charge in [-0.1, -0.05) is 6.92 Å². The van der Waals surface area contributed by atoms with Gasteiger partial charge in [0.15, 0.2) is 0 Å². The highest BCUT2D eigenvalue weighted by molar-refractivity contribution is 5.90. The Kier molecular flexibility index (Phi) is 4.52. The molecule has 1 amide bonds. The van der Waals surface area contributed by atoms with Gasteiger partial charge < -0.3 is 10.4 Å². The first kappa shape index (κ1) is 17.4. The maximum absolute atomic E-state index is 12.5. The molecular weight excluding hydrogens is 335 g/mol. The summed E-state index contributed by atoms with van der Waals surface area (Å²) in [6, 6.07) is 0. The topological polar surface area (TPSA) is 139 Å². The molecule has 1 atom stereocenters. The molecule has 2 rings (SSSR count). The fraction of sp³-hybridized carbons (Fsp3) is 0.455. The van der Waals surface area contributed by atoms with Gasteiger partial charge in [0.25, 0.3) is 11.9 Å². The molecule has 1 unspecified atom stereocenters. The molecule has 13 heteroatoms. The number of carboxylic acid groups (broad SMARTS) is 1. The number of nitrogens with one attached hydrogen (secondary N) is 2. The molecule has 0 saturated heterocycles. The van der Waals surface area contributed by atoms with Gasteiger partial charge in [0.1, 0.15) is 5.82 Å². The molecular formula is C11H12F3N7O3. The normalized spacial score (nSPS) is 12.9. The van der Waals surface area contributed by atoms with Crippen LogP contribution in [0.4, 0.5) is 13.2 Å². The van der Waals surface area contributed by atoms with Crippen LogP contribution in [0.3, 0.4) is 0 Å². The van der Waals surface area contributed by atoms with Crippen molar-refractivity contribution in [1.82, 2.24) is 35.3 Å². The van der Waals surface area contributed by atoms with Crippen LogP contribution in [-0.4, -0.2) is 53.5 Å². The van der Waals surface area contributed by atoms with Crippen molar-refractivity contribution in [2.45, 2.75) is 20.0 Å². The molecule has 0 aromatic carbocycles. The molecule has 0 fully saturated rings. The number of carboxylic acids is 1. The van der Waals surface area contributed by atoms with Gasteiger partial charge in [0.2, 0.25) is 11.6 Å². The number of hydrogen-bond donors (Lipinski definition) is 3. The number of aryl methyl sites for hydroxylation is 1. The van der Waals surface area contributed by atoms with Gasteiger partial charge in [-0.05, 0) is 6.92 Å². The molecule has 0 aliphatic rings. The number of carbonyl (C=O) groups is 2. The zero-order chi connectivity index (χ0) is 18.1. The van der Waals surface area contributed by atoms with E-state index in [0.29, 0.717) is 0 Å². The average molecular weight is 347 g/mol. The van der Waals surface area contributed by atoms with Crippen LogP contribution in [0.15, 0.2) is 0 Å². The number of hydrogen-bond acceptors (Lipinski definition) is 6. The number of aromatic nitrogens is 6. The van der Waals surface area contributed by atoms with Crippen molar-refractivity contribution in [3.8, 4) is 5.95 Å². The Labute approximate surface area is 132 Å². The molecule has 2 aromatic rings. The largest absolute Gasteiger partial charge is 0.481 e. The van der Waals surface area contributed by atoms with E-state index in [2.05, 4.69) is 25.5 Å². The quantitative estimate of drug-likeness (QED) is 0.700. The summed E-state index contributed by atoms with van der Waals surface area (Å²) in [7, 11) is 0. The molecule has 0 aliphatic carbocycles. The summed E-state index contributed by atoms with van der Waals surface area (Å²) < 4.78 is 38.4. The minimum absolute atomic E-state index is 0.0826. The summed E-state index contributed by atoms with van der Waals surface area (Å²) in [6.07, 6.45) is -4.70. The first-order chi connectivity index (χ1) is 11.1. The summed E-state index contributed by atoms with van der Waals surface area (Å²) in [4.78, 5) is 29.6. The molecule has 10 nitrogen and oxygen atoms in total. The third-order valence-electron chi connectivity index (χ3n) is 2.89. The van der Waals surface area contributed by atoms with Gasteiger partial charge >= 0.3 is 12.1 Å². The lowest BCUT2D eigenvalue weighted by atomic mass is 10.2. The van der Waals surface area contributed by atoms with Crippen LogP contribution in [-0.2, 0) is 11.0 Å². The van der Waals surface area contributed by atoms with Crippen LogP contribution >= 0.6 is 0 Å². The highest BCUT2D eigenvalue weighted by atomic mass is 19.4. The molecule has 2 heterocycles. The second-order valence-electron chi connectivity index (χ2n) is 4.83. The number of alkyl halides is 3. The van der Waals surface area contributed by atoms with Crippen LogP contribution in [0, 0.1) is 12.8 Å². The van der Waals surface area contributed by atoms with E-state index in [-0.39, 0.29) is 18.2 Å². The molecule has 0 bridgehead atoms.